The highest BCUT2D eigenvalue weighted by molar-refractivity contribution is 7.45. The number of aliphatic hydroxyl groups is 2. The van der Waals surface area contributed by atoms with Crippen LogP contribution in [0.2, 0.25) is 0 Å². The van der Waals surface area contributed by atoms with Gasteiger partial charge in [-0.1, -0.05) is 139 Å². The normalized spacial score (nSPS) is 15.8. The Hall–Kier alpha value is -1.84. The zero-order valence-electron chi connectivity index (χ0n) is 32.9. The number of allylic oxidation sites excluding steroid dienone is 8. The number of nitrogens with one attached hydrogen (secondary N) is 1. The molecule has 0 aromatic rings. The number of hydrogen-bond donors (Lipinski definition) is 3. The van der Waals surface area contributed by atoms with Gasteiger partial charge in [-0.05, 0) is 51.4 Å². The number of likely N-dealkylation sites (N-methyl/N-ethyl adjacent to an activating group) is 1. The van der Waals surface area contributed by atoms with Gasteiger partial charge < -0.3 is 34.0 Å². The van der Waals surface area contributed by atoms with Crippen molar-refractivity contribution in [2.75, 3.05) is 40.9 Å². The number of amides is 1. The number of hydrogen-bond acceptors (Lipinski definition) is 7. The van der Waals surface area contributed by atoms with Gasteiger partial charge in [0.05, 0.1) is 46.0 Å². The van der Waals surface area contributed by atoms with Crippen LogP contribution < -0.4 is 10.2 Å². The van der Waals surface area contributed by atoms with Gasteiger partial charge in [-0.3, -0.25) is 9.36 Å². The van der Waals surface area contributed by atoms with Crippen molar-refractivity contribution in [3.05, 3.63) is 60.8 Å². The molecule has 1 amide bonds. The van der Waals surface area contributed by atoms with Crippen LogP contribution in [-0.4, -0.2) is 79.8 Å². The van der Waals surface area contributed by atoms with E-state index in [-0.39, 0.29) is 18.9 Å². The van der Waals surface area contributed by atoms with Gasteiger partial charge >= 0.3 is 0 Å². The second-order valence-electron chi connectivity index (χ2n) is 14.5. The molecule has 0 spiro atoms. The van der Waals surface area contributed by atoms with E-state index in [0.717, 1.165) is 38.5 Å². The second-order valence-corrected chi connectivity index (χ2v) is 15.9. The van der Waals surface area contributed by atoms with Gasteiger partial charge in [-0.2, -0.15) is 0 Å². The summed E-state index contributed by atoms with van der Waals surface area (Å²) in [6, 6.07) is -0.980. The van der Waals surface area contributed by atoms with Crippen LogP contribution in [0.4, 0.5) is 0 Å². The number of unbranched alkanes of at least 4 members (excludes halogenated alkanes) is 12. The van der Waals surface area contributed by atoms with Crippen LogP contribution in [0.15, 0.2) is 60.8 Å². The smallest absolute Gasteiger partial charge is 0.268 e. The van der Waals surface area contributed by atoms with E-state index in [0.29, 0.717) is 23.9 Å². The summed E-state index contributed by atoms with van der Waals surface area (Å²) in [5.41, 5.74) is 0. The molecule has 0 bridgehead atoms. The van der Waals surface area contributed by atoms with Gasteiger partial charge in [0.1, 0.15) is 13.2 Å². The number of nitrogens with zero attached hydrogens (tertiary/aromatic N) is 1. The van der Waals surface area contributed by atoms with Crippen LogP contribution in [0.5, 0.6) is 0 Å². The summed E-state index contributed by atoms with van der Waals surface area (Å²) in [5, 5.41) is 23.9. The summed E-state index contributed by atoms with van der Waals surface area (Å²) in [6.45, 7) is 4.41. The third kappa shape index (κ3) is 35.0. The summed E-state index contributed by atoms with van der Waals surface area (Å²) >= 11 is 0. The lowest BCUT2D eigenvalue weighted by Gasteiger charge is -2.29. The Balaban J connectivity index is 4.74. The number of aliphatic hydroxyl groups excluding tert-OH is 2. The van der Waals surface area contributed by atoms with Crippen LogP contribution in [0, 0.1) is 0 Å². The van der Waals surface area contributed by atoms with Crippen molar-refractivity contribution < 1.29 is 38.0 Å². The first kappa shape index (κ1) is 49.2. The molecule has 0 saturated heterocycles. The molecule has 10 heteroatoms. The molecule has 0 aliphatic carbocycles. The first-order valence-corrected chi connectivity index (χ1v) is 21.2. The summed E-state index contributed by atoms with van der Waals surface area (Å²) in [5.74, 6) is -0.361. The highest BCUT2D eigenvalue weighted by Gasteiger charge is 2.23. The van der Waals surface area contributed by atoms with E-state index in [4.69, 9.17) is 9.05 Å². The third-order valence-corrected chi connectivity index (χ3v) is 9.29. The molecule has 51 heavy (non-hydrogen) atoms. The SMILES string of the molecule is CCCCC/C=C\C/C=C\C/C=C\C=C\[C@H](O)CCCC(=O)N[C@@H](COP(=O)([O-])OCC[N+](C)(C)C)[C@H](O)/C=C/CCCCCCCCCCC. The topological polar surface area (TPSA) is 128 Å². The lowest BCUT2D eigenvalue weighted by atomic mass is 10.1. The number of carbonyl (C=O) groups is 1. The molecule has 0 aliphatic rings. The predicted molar refractivity (Wildman–Crippen MR) is 211 cm³/mol. The lowest BCUT2D eigenvalue weighted by molar-refractivity contribution is -0.870. The maximum Gasteiger partial charge on any atom is 0.268 e. The minimum absolute atomic E-state index is 0.0385. The molecule has 296 valence electrons. The molecule has 0 fully saturated rings. The van der Waals surface area contributed by atoms with E-state index in [1.807, 2.05) is 39.4 Å². The number of rotatable bonds is 34. The molecule has 0 aliphatic heterocycles. The summed E-state index contributed by atoms with van der Waals surface area (Å²) in [7, 11) is 1.13. The molecule has 0 aromatic carbocycles. The van der Waals surface area contributed by atoms with Crippen molar-refractivity contribution in [2.45, 2.75) is 154 Å². The van der Waals surface area contributed by atoms with Gasteiger partial charge in [-0.15, -0.1) is 0 Å². The fraction of sp³-hybridized carbons (Fsp3) is 0.732. The summed E-state index contributed by atoms with van der Waals surface area (Å²) in [6.07, 6.45) is 37.2. The van der Waals surface area contributed by atoms with Gasteiger partial charge in [0.25, 0.3) is 7.82 Å². The van der Waals surface area contributed by atoms with Crippen molar-refractivity contribution in [2.24, 2.45) is 0 Å². The molecular weight excluding hydrogens is 663 g/mol. The Labute approximate surface area is 312 Å². The van der Waals surface area contributed by atoms with Crippen LogP contribution in [0.25, 0.3) is 0 Å². The van der Waals surface area contributed by atoms with Crippen LogP contribution in [-0.2, 0) is 18.4 Å². The molecule has 0 rings (SSSR count). The number of phosphoric ester groups is 1. The Morgan fingerprint density at radius 1 is 0.745 bits per heavy atom. The number of carbonyl (C=O) groups excluding carboxylic acids is 1. The third-order valence-electron chi connectivity index (χ3n) is 8.33. The fourth-order valence-corrected chi connectivity index (χ4v) is 5.80. The Morgan fingerprint density at radius 3 is 1.98 bits per heavy atom. The Bertz CT molecular complexity index is 1040. The van der Waals surface area contributed by atoms with Crippen LogP contribution in [0.3, 0.4) is 0 Å². The Kier molecular flexibility index (Phi) is 31.6. The maximum absolute atomic E-state index is 12.8. The van der Waals surface area contributed by atoms with E-state index in [1.165, 1.54) is 64.2 Å². The van der Waals surface area contributed by atoms with Crippen molar-refractivity contribution in [1.82, 2.24) is 5.32 Å². The molecule has 0 radical (unpaired) electrons. The van der Waals surface area contributed by atoms with Crippen molar-refractivity contribution in [3.8, 4) is 0 Å². The van der Waals surface area contributed by atoms with E-state index in [1.54, 1.807) is 18.2 Å². The van der Waals surface area contributed by atoms with Gasteiger partial charge in [-0.25, -0.2) is 0 Å². The minimum Gasteiger partial charge on any atom is -0.756 e. The maximum atomic E-state index is 12.8. The lowest BCUT2D eigenvalue weighted by Crippen LogP contribution is -2.45. The molecule has 4 atom stereocenters. The summed E-state index contributed by atoms with van der Waals surface area (Å²) < 4.78 is 23.0. The van der Waals surface area contributed by atoms with E-state index >= 15 is 0 Å². The van der Waals surface area contributed by atoms with Crippen molar-refractivity contribution in [1.29, 1.82) is 0 Å². The predicted octanol–water partition coefficient (Wildman–Crippen LogP) is 8.63. The van der Waals surface area contributed by atoms with E-state index in [9.17, 15) is 24.5 Å². The molecule has 0 aromatic heterocycles. The number of phosphoric acid groups is 1. The van der Waals surface area contributed by atoms with Crippen molar-refractivity contribution >= 4 is 13.7 Å². The first-order valence-electron chi connectivity index (χ1n) is 19.8. The molecule has 0 heterocycles. The highest BCUT2D eigenvalue weighted by atomic mass is 31.2. The van der Waals surface area contributed by atoms with Gasteiger partial charge in [0.15, 0.2) is 0 Å². The fourth-order valence-electron chi connectivity index (χ4n) is 5.08. The Morgan fingerprint density at radius 2 is 1.31 bits per heavy atom. The molecular formula is C41H75N2O7P. The monoisotopic (exact) mass is 739 g/mol. The van der Waals surface area contributed by atoms with Gasteiger partial charge in [0, 0.05) is 6.42 Å². The van der Waals surface area contributed by atoms with E-state index < -0.39 is 32.7 Å². The molecule has 9 nitrogen and oxygen atoms in total. The molecule has 1 unspecified atom stereocenters. The zero-order valence-corrected chi connectivity index (χ0v) is 33.8. The quantitative estimate of drug-likeness (QED) is 0.0198. The molecule has 0 saturated carbocycles. The molecule has 3 N–H and O–H groups in total. The van der Waals surface area contributed by atoms with Crippen molar-refractivity contribution in [3.63, 3.8) is 0 Å². The van der Waals surface area contributed by atoms with Crippen LogP contribution in [0.1, 0.15) is 136 Å². The number of quaternary nitrogens is 1. The highest BCUT2D eigenvalue weighted by Crippen LogP contribution is 2.38. The first-order chi connectivity index (χ1) is 24.4. The minimum atomic E-state index is -4.64. The van der Waals surface area contributed by atoms with Crippen LogP contribution >= 0.6 is 7.82 Å². The standard InChI is InChI=1S/C41H75N2O7P/c1-6-8-10-12-14-16-18-19-21-22-24-26-28-31-38(44)32-30-34-41(46)42-39(37-50-51(47,48)49-36-35-43(3,4)5)40(45)33-29-27-25-23-20-17-15-13-11-9-7-2/h14,16,19,21,24,26,28-29,31,33,38-40,44-45H,6-13,15,17-18,20,22-23,25,27,30,32,34-37H2,1-5H3,(H-,42,46,47,48)/b16-14-,21-19-,26-24-,31-28+,33-29+/t38-,39-,40+/m0/s1. The zero-order chi connectivity index (χ0) is 38.1. The largest absolute Gasteiger partial charge is 0.756 e. The van der Waals surface area contributed by atoms with Gasteiger partial charge in [0.2, 0.25) is 5.91 Å². The average Bonchev–Trinajstić information content (AvgIpc) is 3.06. The van der Waals surface area contributed by atoms with E-state index in [2.05, 4.69) is 43.5 Å². The summed E-state index contributed by atoms with van der Waals surface area (Å²) in [4.78, 5) is 25.2. The second kappa shape index (κ2) is 32.8. The average molecular weight is 739 g/mol.